The first-order valence-electron chi connectivity index (χ1n) is 11.0. The SMILES string of the molecule is CCCCCCCCC[CH]C[CH]CCCCCCCCCCC. The van der Waals surface area contributed by atoms with Gasteiger partial charge in [-0.05, 0) is 19.3 Å². The summed E-state index contributed by atoms with van der Waals surface area (Å²) in [5.74, 6) is 0. The summed E-state index contributed by atoms with van der Waals surface area (Å²) in [6.07, 6.45) is 31.9. The molecule has 0 spiro atoms. The molecule has 0 aliphatic rings. The van der Waals surface area contributed by atoms with Gasteiger partial charge in [-0.1, -0.05) is 129 Å². The molecule has 0 heteroatoms. The van der Waals surface area contributed by atoms with E-state index in [4.69, 9.17) is 0 Å². The Balaban J connectivity index is 2.92. The third-order valence-corrected chi connectivity index (χ3v) is 4.86. The van der Waals surface area contributed by atoms with Gasteiger partial charge < -0.3 is 0 Å². The predicted molar refractivity (Wildman–Crippen MR) is 108 cm³/mol. The Bertz CT molecular complexity index is 164. The number of hydrogen-bond acceptors (Lipinski definition) is 0. The fraction of sp³-hybridized carbons (Fsp3) is 0.913. The molecule has 0 aliphatic heterocycles. The molecule has 0 atom stereocenters. The maximum Gasteiger partial charge on any atom is -0.0383 e. The minimum atomic E-state index is 1.24. The van der Waals surface area contributed by atoms with Crippen LogP contribution in [0.3, 0.4) is 0 Å². The van der Waals surface area contributed by atoms with Crippen LogP contribution >= 0.6 is 0 Å². The summed E-state index contributed by atoms with van der Waals surface area (Å²) in [4.78, 5) is 0. The zero-order valence-electron chi connectivity index (χ0n) is 16.6. The van der Waals surface area contributed by atoms with E-state index in [0.717, 1.165) is 0 Å². The van der Waals surface area contributed by atoms with Gasteiger partial charge in [0.05, 0.1) is 0 Å². The van der Waals surface area contributed by atoms with Gasteiger partial charge in [-0.3, -0.25) is 0 Å². The van der Waals surface area contributed by atoms with Crippen molar-refractivity contribution < 1.29 is 0 Å². The van der Waals surface area contributed by atoms with Crippen molar-refractivity contribution in [2.45, 2.75) is 136 Å². The zero-order valence-corrected chi connectivity index (χ0v) is 16.6. The van der Waals surface area contributed by atoms with E-state index < -0.39 is 0 Å². The highest BCUT2D eigenvalue weighted by Gasteiger charge is 1.95. The van der Waals surface area contributed by atoms with Crippen LogP contribution in [-0.2, 0) is 0 Å². The van der Waals surface area contributed by atoms with Crippen LogP contribution in [0.4, 0.5) is 0 Å². The number of rotatable bonds is 20. The van der Waals surface area contributed by atoms with Gasteiger partial charge in [-0.2, -0.15) is 0 Å². The molecular weight excluding hydrogens is 276 g/mol. The highest BCUT2D eigenvalue weighted by molar-refractivity contribution is 4.75. The molecule has 0 heterocycles. The molecule has 0 nitrogen and oxygen atoms in total. The lowest BCUT2D eigenvalue weighted by Crippen LogP contribution is -1.85. The molecule has 0 saturated heterocycles. The summed E-state index contributed by atoms with van der Waals surface area (Å²) in [5.41, 5.74) is 0. The average molecular weight is 323 g/mol. The molecule has 0 amide bonds. The third-order valence-electron chi connectivity index (χ3n) is 4.86. The summed E-state index contributed by atoms with van der Waals surface area (Å²) in [5, 5.41) is 0. The first kappa shape index (κ1) is 23.0. The van der Waals surface area contributed by atoms with E-state index in [1.807, 2.05) is 0 Å². The van der Waals surface area contributed by atoms with Crippen molar-refractivity contribution in [3.8, 4) is 0 Å². The largest absolute Gasteiger partial charge is 0.0654 e. The molecule has 0 bridgehead atoms. The van der Waals surface area contributed by atoms with E-state index in [1.54, 1.807) is 0 Å². The second kappa shape index (κ2) is 22.0. The van der Waals surface area contributed by atoms with Crippen molar-refractivity contribution in [3.63, 3.8) is 0 Å². The van der Waals surface area contributed by atoms with Crippen molar-refractivity contribution in [1.29, 1.82) is 0 Å². The third kappa shape index (κ3) is 22.0. The van der Waals surface area contributed by atoms with Crippen LogP contribution in [0, 0.1) is 12.8 Å². The van der Waals surface area contributed by atoms with Crippen molar-refractivity contribution >= 4 is 0 Å². The van der Waals surface area contributed by atoms with Crippen LogP contribution in [0.2, 0.25) is 0 Å². The minimum absolute atomic E-state index is 1.24. The van der Waals surface area contributed by atoms with Crippen LogP contribution in [-0.4, -0.2) is 0 Å². The van der Waals surface area contributed by atoms with Crippen LogP contribution in [0.1, 0.15) is 136 Å². The lowest BCUT2D eigenvalue weighted by Gasteiger charge is -2.03. The van der Waals surface area contributed by atoms with Crippen LogP contribution in [0.25, 0.3) is 0 Å². The van der Waals surface area contributed by atoms with E-state index >= 15 is 0 Å². The van der Waals surface area contributed by atoms with E-state index in [-0.39, 0.29) is 0 Å². The Morgan fingerprint density at radius 3 is 1.04 bits per heavy atom. The van der Waals surface area contributed by atoms with Gasteiger partial charge in [0.1, 0.15) is 0 Å². The first-order valence-corrected chi connectivity index (χ1v) is 11.0. The molecule has 138 valence electrons. The van der Waals surface area contributed by atoms with Gasteiger partial charge in [0.2, 0.25) is 0 Å². The Labute approximate surface area is 149 Å². The monoisotopic (exact) mass is 322 g/mol. The van der Waals surface area contributed by atoms with Crippen LogP contribution < -0.4 is 0 Å². The molecule has 0 aromatic carbocycles. The van der Waals surface area contributed by atoms with Crippen LogP contribution in [0.15, 0.2) is 0 Å². The molecule has 0 N–H and O–H groups in total. The molecule has 23 heavy (non-hydrogen) atoms. The van der Waals surface area contributed by atoms with Crippen molar-refractivity contribution in [1.82, 2.24) is 0 Å². The van der Waals surface area contributed by atoms with E-state index in [0.29, 0.717) is 0 Å². The Kier molecular flexibility index (Phi) is 22.0. The normalized spacial score (nSPS) is 11.2. The molecule has 0 saturated carbocycles. The first-order chi connectivity index (χ1) is 11.4. The molecule has 0 aromatic rings. The van der Waals surface area contributed by atoms with Gasteiger partial charge >= 0.3 is 0 Å². The Morgan fingerprint density at radius 2 is 0.696 bits per heavy atom. The summed E-state index contributed by atoms with van der Waals surface area (Å²) in [6, 6.07) is 0. The standard InChI is InChI=1S/C23H46/c1-3-5-7-9-11-13-15-17-19-21-23-22-20-18-16-14-12-10-8-6-4-2/h19,23H,3-18,20-22H2,1-2H3. The predicted octanol–water partition coefficient (Wildman–Crippen LogP) is 8.85. The number of hydrogen-bond donors (Lipinski definition) is 0. The van der Waals surface area contributed by atoms with E-state index in [2.05, 4.69) is 26.7 Å². The maximum absolute atomic E-state index is 2.50. The quantitative estimate of drug-likeness (QED) is 0.196. The van der Waals surface area contributed by atoms with E-state index in [9.17, 15) is 0 Å². The molecular formula is C23H46. The molecule has 0 aliphatic carbocycles. The summed E-state index contributed by atoms with van der Waals surface area (Å²) >= 11 is 0. The van der Waals surface area contributed by atoms with Gasteiger partial charge in [0.25, 0.3) is 0 Å². The van der Waals surface area contributed by atoms with Gasteiger partial charge in [0, 0.05) is 0 Å². The minimum Gasteiger partial charge on any atom is -0.0654 e. The second-order valence-corrected chi connectivity index (χ2v) is 7.34. The smallest absolute Gasteiger partial charge is 0.0383 e. The maximum atomic E-state index is 2.50. The molecule has 0 unspecified atom stereocenters. The molecule has 0 rings (SSSR count). The van der Waals surface area contributed by atoms with Crippen molar-refractivity contribution in [2.75, 3.05) is 0 Å². The molecule has 2 radical (unpaired) electrons. The Hall–Kier alpha value is 0. The highest BCUT2D eigenvalue weighted by atomic mass is 14.0. The van der Waals surface area contributed by atoms with Crippen molar-refractivity contribution in [2.24, 2.45) is 0 Å². The second-order valence-electron chi connectivity index (χ2n) is 7.34. The fourth-order valence-electron chi connectivity index (χ4n) is 3.20. The average Bonchev–Trinajstić information content (AvgIpc) is 2.57. The van der Waals surface area contributed by atoms with Crippen LogP contribution in [0.5, 0.6) is 0 Å². The van der Waals surface area contributed by atoms with E-state index in [1.165, 1.54) is 122 Å². The lowest BCUT2D eigenvalue weighted by molar-refractivity contribution is 0.562. The van der Waals surface area contributed by atoms with Gasteiger partial charge in [0.15, 0.2) is 0 Å². The Morgan fingerprint density at radius 1 is 0.391 bits per heavy atom. The topological polar surface area (TPSA) is 0 Å². The number of unbranched alkanes of at least 4 members (excludes halogenated alkanes) is 20. The molecule has 0 fully saturated rings. The summed E-state index contributed by atoms with van der Waals surface area (Å²) < 4.78 is 0. The van der Waals surface area contributed by atoms with Gasteiger partial charge in [-0.15, -0.1) is 0 Å². The summed E-state index contributed by atoms with van der Waals surface area (Å²) in [6.45, 7) is 4.59. The fourth-order valence-corrected chi connectivity index (χ4v) is 3.20. The lowest BCUT2D eigenvalue weighted by atomic mass is 10.0. The van der Waals surface area contributed by atoms with Crippen molar-refractivity contribution in [3.05, 3.63) is 12.8 Å². The highest BCUT2D eigenvalue weighted by Crippen LogP contribution is 2.14. The zero-order chi connectivity index (χ0) is 16.8. The summed E-state index contributed by atoms with van der Waals surface area (Å²) in [7, 11) is 0. The molecule has 0 aromatic heterocycles. The van der Waals surface area contributed by atoms with Gasteiger partial charge in [-0.25, -0.2) is 0 Å².